The van der Waals surface area contributed by atoms with E-state index in [1.807, 2.05) is 30.3 Å². The minimum Gasteiger partial charge on any atom is -0.368 e. The average Bonchev–Trinajstić information content (AvgIpc) is 3.20. The van der Waals surface area contributed by atoms with Crippen molar-refractivity contribution >= 4 is 56.5 Å². The van der Waals surface area contributed by atoms with E-state index in [0.29, 0.717) is 5.02 Å². The molecule has 5 nitrogen and oxygen atoms in total. The smallest absolute Gasteiger partial charge is 0.151 e. The third kappa shape index (κ3) is 3.60. The van der Waals surface area contributed by atoms with Crippen molar-refractivity contribution in [2.75, 3.05) is 36.0 Å². The summed E-state index contributed by atoms with van der Waals surface area (Å²) in [6.07, 6.45) is 1.64. The fourth-order valence-electron chi connectivity index (χ4n) is 3.86. The van der Waals surface area contributed by atoms with Gasteiger partial charge in [-0.2, -0.15) is 4.37 Å². The summed E-state index contributed by atoms with van der Waals surface area (Å²) in [5, 5.41) is 1.48. The normalized spacial score (nSPS) is 14.5. The second-order valence-corrected chi connectivity index (χ2v) is 8.96. The summed E-state index contributed by atoms with van der Waals surface area (Å²) in [7, 11) is 0. The van der Waals surface area contributed by atoms with Gasteiger partial charge in [0, 0.05) is 47.5 Å². The Bertz CT molecular complexity index is 1200. The van der Waals surface area contributed by atoms with Crippen molar-refractivity contribution in [1.82, 2.24) is 14.3 Å². The van der Waals surface area contributed by atoms with E-state index in [2.05, 4.69) is 43.2 Å². The van der Waals surface area contributed by atoms with Crippen LogP contribution in [0.25, 0.3) is 21.5 Å². The molecular formula is C22H19Cl2N5S. The molecule has 4 aromatic rings. The minimum atomic E-state index is 0.710. The molecule has 1 aliphatic rings. The Balaban J connectivity index is 1.41. The van der Waals surface area contributed by atoms with E-state index in [1.54, 1.807) is 6.33 Å². The zero-order valence-electron chi connectivity index (χ0n) is 16.3. The minimum absolute atomic E-state index is 0.710. The number of aromatic nitrogens is 3. The number of hydrogen-bond donors (Lipinski definition) is 0. The summed E-state index contributed by atoms with van der Waals surface area (Å²) in [6, 6.07) is 13.8. The number of benzene rings is 2. The summed E-state index contributed by atoms with van der Waals surface area (Å²) < 4.78 is 5.70. The molecule has 0 bridgehead atoms. The molecule has 8 heteroatoms. The quantitative estimate of drug-likeness (QED) is 0.396. The fraction of sp³-hybridized carbons (Fsp3) is 0.227. The van der Waals surface area contributed by atoms with Gasteiger partial charge in [-0.05, 0) is 48.3 Å². The molecule has 1 aliphatic heterocycles. The van der Waals surface area contributed by atoms with E-state index in [4.69, 9.17) is 23.2 Å². The van der Waals surface area contributed by atoms with E-state index < -0.39 is 0 Å². The van der Waals surface area contributed by atoms with Crippen LogP contribution < -0.4 is 9.80 Å². The van der Waals surface area contributed by atoms with Crippen LogP contribution in [0.4, 0.5) is 11.5 Å². The predicted octanol–water partition coefficient (Wildman–Crippen LogP) is 5.70. The predicted molar refractivity (Wildman–Crippen MR) is 126 cm³/mol. The maximum absolute atomic E-state index is 6.22. The second-order valence-electron chi connectivity index (χ2n) is 7.32. The van der Waals surface area contributed by atoms with Gasteiger partial charge >= 0.3 is 0 Å². The first kappa shape index (κ1) is 19.5. The Kier molecular flexibility index (Phi) is 5.23. The molecule has 0 saturated carbocycles. The van der Waals surface area contributed by atoms with Crippen LogP contribution >= 0.6 is 34.7 Å². The summed E-state index contributed by atoms with van der Waals surface area (Å²) >= 11 is 13.7. The summed E-state index contributed by atoms with van der Waals surface area (Å²) in [6.45, 7) is 5.71. The van der Waals surface area contributed by atoms with Crippen molar-refractivity contribution in [2.24, 2.45) is 0 Å². The van der Waals surface area contributed by atoms with E-state index >= 15 is 0 Å². The van der Waals surface area contributed by atoms with Crippen LogP contribution in [0.15, 0.2) is 48.8 Å². The van der Waals surface area contributed by atoms with Crippen LogP contribution in [-0.2, 0) is 0 Å². The Hall–Kier alpha value is -2.41. The second kappa shape index (κ2) is 8.02. The number of anilines is 2. The van der Waals surface area contributed by atoms with Crippen molar-refractivity contribution < 1.29 is 0 Å². The standard InChI is InChI=1S/C22H19Cl2N5S/c1-14-2-5-17(24)12-18(14)28-8-10-29(11-9-28)22-21-20(25-13-26-22)19(27-30-21)15-3-6-16(23)7-4-15/h2-7,12-13H,8-11H2,1H3. The highest BCUT2D eigenvalue weighted by Crippen LogP contribution is 2.35. The highest BCUT2D eigenvalue weighted by Gasteiger charge is 2.23. The molecule has 0 spiro atoms. The van der Waals surface area contributed by atoms with E-state index in [1.165, 1.54) is 22.8 Å². The Morgan fingerprint density at radius 3 is 2.33 bits per heavy atom. The molecule has 0 aliphatic carbocycles. The summed E-state index contributed by atoms with van der Waals surface area (Å²) in [4.78, 5) is 13.9. The number of fused-ring (bicyclic) bond motifs is 1. The van der Waals surface area contributed by atoms with Gasteiger partial charge in [-0.3, -0.25) is 0 Å². The molecule has 30 heavy (non-hydrogen) atoms. The van der Waals surface area contributed by atoms with Gasteiger partial charge in [0.05, 0.1) is 0 Å². The monoisotopic (exact) mass is 455 g/mol. The maximum atomic E-state index is 6.22. The SMILES string of the molecule is Cc1ccc(Cl)cc1N1CCN(c2ncnc3c(-c4ccc(Cl)cc4)nsc23)CC1. The summed E-state index contributed by atoms with van der Waals surface area (Å²) in [5.41, 5.74) is 5.23. The first-order valence-electron chi connectivity index (χ1n) is 9.72. The molecule has 0 N–H and O–H groups in total. The first-order valence-corrected chi connectivity index (χ1v) is 11.3. The molecule has 152 valence electrons. The van der Waals surface area contributed by atoms with Gasteiger partial charge in [-0.25, -0.2) is 9.97 Å². The number of halogens is 2. The van der Waals surface area contributed by atoms with E-state index in [-0.39, 0.29) is 0 Å². The van der Waals surface area contributed by atoms with Crippen LogP contribution in [0.5, 0.6) is 0 Å². The molecule has 0 unspecified atom stereocenters. The van der Waals surface area contributed by atoms with Crippen molar-refractivity contribution in [2.45, 2.75) is 6.92 Å². The number of aryl methyl sites for hydroxylation is 1. The van der Waals surface area contributed by atoms with E-state index in [0.717, 1.165) is 58.5 Å². The first-order chi connectivity index (χ1) is 14.6. The van der Waals surface area contributed by atoms with Crippen molar-refractivity contribution in [3.05, 3.63) is 64.4 Å². The topological polar surface area (TPSA) is 45.2 Å². The third-order valence-corrected chi connectivity index (χ3v) is 6.77. The number of nitrogens with zero attached hydrogens (tertiary/aromatic N) is 5. The molecule has 1 saturated heterocycles. The highest BCUT2D eigenvalue weighted by molar-refractivity contribution is 7.14. The number of rotatable bonds is 3. The molecular weight excluding hydrogens is 437 g/mol. The lowest BCUT2D eigenvalue weighted by Crippen LogP contribution is -2.47. The van der Waals surface area contributed by atoms with Gasteiger partial charge < -0.3 is 9.80 Å². The van der Waals surface area contributed by atoms with Gasteiger partial charge in [-0.1, -0.05) is 41.4 Å². The van der Waals surface area contributed by atoms with Gasteiger partial charge in [0.25, 0.3) is 0 Å². The van der Waals surface area contributed by atoms with Crippen LogP contribution in [0.3, 0.4) is 0 Å². The van der Waals surface area contributed by atoms with Gasteiger partial charge in [-0.15, -0.1) is 0 Å². The van der Waals surface area contributed by atoms with Crippen molar-refractivity contribution in [3.8, 4) is 11.3 Å². The number of piperazine rings is 1. The lowest BCUT2D eigenvalue weighted by Gasteiger charge is -2.37. The molecule has 2 aromatic heterocycles. The fourth-order valence-corrected chi connectivity index (χ4v) is 5.02. The van der Waals surface area contributed by atoms with Crippen LogP contribution in [0.2, 0.25) is 10.0 Å². The molecule has 1 fully saturated rings. The Morgan fingerprint density at radius 1 is 0.867 bits per heavy atom. The number of hydrogen-bond acceptors (Lipinski definition) is 6. The molecule has 0 atom stereocenters. The highest BCUT2D eigenvalue weighted by atomic mass is 35.5. The Morgan fingerprint density at radius 2 is 1.57 bits per heavy atom. The lowest BCUT2D eigenvalue weighted by atomic mass is 10.1. The van der Waals surface area contributed by atoms with Crippen LogP contribution in [0.1, 0.15) is 5.56 Å². The van der Waals surface area contributed by atoms with Crippen molar-refractivity contribution in [3.63, 3.8) is 0 Å². The largest absolute Gasteiger partial charge is 0.368 e. The molecule has 0 radical (unpaired) electrons. The van der Waals surface area contributed by atoms with Crippen LogP contribution in [-0.4, -0.2) is 40.5 Å². The van der Waals surface area contributed by atoms with Crippen molar-refractivity contribution in [1.29, 1.82) is 0 Å². The molecule has 2 aromatic carbocycles. The maximum Gasteiger partial charge on any atom is 0.151 e. The Labute approximate surface area is 189 Å². The average molecular weight is 456 g/mol. The molecule has 5 rings (SSSR count). The summed E-state index contributed by atoms with van der Waals surface area (Å²) in [5.74, 6) is 0.958. The van der Waals surface area contributed by atoms with Gasteiger partial charge in [0.15, 0.2) is 5.82 Å². The van der Waals surface area contributed by atoms with Gasteiger partial charge in [0.1, 0.15) is 22.2 Å². The zero-order chi connectivity index (χ0) is 20.7. The van der Waals surface area contributed by atoms with Gasteiger partial charge in [0.2, 0.25) is 0 Å². The van der Waals surface area contributed by atoms with E-state index in [9.17, 15) is 0 Å². The van der Waals surface area contributed by atoms with Crippen LogP contribution in [0, 0.1) is 6.92 Å². The zero-order valence-corrected chi connectivity index (χ0v) is 18.7. The third-order valence-electron chi connectivity index (χ3n) is 5.45. The lowest BCUT2D eigenvalue weighted by molar-refractivity contribution is 0.648. The molecule has 3 heterocycles. The molecule has 0 amide bonds.